The normalized spacial score (nSPS) is 13.5. The molecule has 0 fully saturated rings. The van der Waals surface area contributed by atoms with Crippen LogP contribution in [0.2, 0.25) is 0 Å². The number of thioether (sulfide) groups is 1. The van der Waals surface area contributed by atoms with Crippen molar-refractivity contribution in [3.8, 4) is 0 Å². The summed E-state index contributed by atoms with van der Waals surface area (Å²) >= 11 is 1.61. The lowest BCUT2D eigenvalue weighted by molar-refractivity contribution is -0.154. The van der Waals surface area contributed by atoms with Crippen molar-refractivity contribution < 1.29 is 29.4 Å². The first kappa shape index (κ1) is 28.9. The van der Waals surface area contributed by atoms with E-state index < -0.39 is 30.0 Å². The third kappa shape index (κ3) is 13.0. The second-order valence-electron chi connectivity index (χ2n) is 7.57. The van der Waals surface area contributed by atoms with Crippen molar-refractivity contribution in [3.05, 3.63) is 35.4 Å². The fourth-order valence-electron chi connectivity index (χ4n) is 2.48. The summed E-state index contributed by atoms with van der Waals surface area (Å²) in [6, 6.07) is 5.18. The molecule has 3 atom stereocenters. The standard InChI is InChI=1S/C15H22N2O4S.C6H13NO2/c1-10(17-21-15(20)13(16)7-8-22-2)9-11-5-3-4-6-12(11)14(18)19;1-4(2)3-5(7)6(8)9/h3-6,10,13,17H,7-9,16H2,1-2H3,(H,18,19);4-5H,3,7H2,1-2H3,(H,8,9)/t10-,13+;5-/m10/s1. The number of carbonyl (C=O) groups is 3. The number of carboxylic acid groups (broad SMARTS) is 2. The zero-order valence-corrected chi connectivity index (χ0v) is 19.4. The molecule has 0 bridgehead atoms. The lowest BCUT2D eigenvalue weighted by atomic mass is 10.0. The number of aliphatic carboxylic acids is 1. The molecule has 0 aliphatic heterocycles. The van der Waals surface area contributed by atoms with Gasteiger partial charge < -0.3 is 26.5 Å². The highest BCUT2D eigenvalue weighted by Gasteiger charge is 2.17. The molecule has 0 aliphatic rings. The molecule has 0 aromatic heterocycles. The maximum Gasteiger partial charge on any atom is 0.341 e. The summed E-state index contributed by atoms with van der Waals surface area (Å²) in [6.45, 7) is 5.70. The Morgan fingerprint density at radius 3 is 2.19 bits per heavy atom. The first-order valence-corrected chi connectivity index (χ1v) is 11.4. The highest BCUT2D eigenvalue weighted by atomic mass is 32.2. The smallest absolute Gasteiger partial charge is 0.341 e. The van der Waals surface area contributed by atoms with Crippen molar-refractivity contribution in [1.29, 1.82) is 0 Å². The van der Waals surface area contributed by atoms with Crippen LogP contribution < -0.4 is 16.9 Å². The van der Waals surface area contributed by atoms with Gasteiger partial charge in [0.05, 0.1) is 5.56 Å². The average molecular weight is 458 g/mol. The van der Waals surface area contributed by atoms with Gasteiger partial charge in [-0.2, -0.15) is 11.8 Å². The van der Waals surface area contributed by atoms with Crippen molar-refractivity contribution in [2.45, 2.75) is 58.2 Å². The highest BCUT2D eigenvalue weighted by Crippen LogP contribution is 2.11. The first-order valence-electron chi connectivity index (χ1n) is 9.99. The van der Waals surface area contributed by atoms with Crippen LogP contribution in [0.25, 0.3) is 0 Å². The minimum atomic E-state index is -0.973. The van der Waals surface area contributed by atoms with E-state index in [1.807, 2.05) is 20.1 Å². The van der Waals surface area contributed by atoms with Gasteiger partial charge in [-0.1, -0.05) is 32.0 Å². The molecule has 10 heteroatoms. The number of hydroxylamine groups is 1. The number of aromatic carboxylic acids is 1. The average Bonchev–Trinajstić information content (AvgIpc) is 2.70. The number of nitrogens with two attached hydrogens (primary N) is 2. The van der Waals surface area contributed by atoms with Crippen LogP contribution in [0.5, 0.6) is 0 Å². The van der Waals surface area contributed by atoms with Crippen LogP contribution in [0.3, 0.4) is 0 Å². The van der Waals surface area contributed by atoms with Crippen LogP contribution >= 0.6 is 11.8 Å². The lowest BCUT2D eigenvalue weighted by Crippen LogP contribution is -2.39. The maximum absolute atomic E-state index is 11.7. The van der Waals surface area contributed by atoms with Gasteiger partial charge in [-0.15, -0.1) is 5.48 Å². The predicted octanol–water partition coefficient (Wildman–Crippen LogP) is 1.89. The van der Waals surface area contributed by atoms with E-state index in [1.54, 1.807) is 43.0 Å². The Morgan fingerprint density at radius 2 is 1.71 bits per heavy atom. The van der Waals surface area contributed by atoms with E-state index in [4.69, 9.17) is 26.5 Å². The van der Waals surface area contributed by atoms with Crippen LogP contribution in [0.15, 0.2) is 24.3 Å². The molecule has 31 heavy (non-hydrogen) atoms. The van der Waals surface area contributed by atoms with Crippen molar-refractivity contribution in [1.82, 2.24) is 5.48 Å². The van der Waals surface area contributed by atoms with Crippen LogP contribution in [-0.2, 0) is 20.8 Å². The third-order valence-corrected chi connectivity index (χ3v) is 4.76. The van der Waals surface area contributed by atoms with Gasteiger partial charge in [0.25, 0.3) is 0 Å². The summed E-state index contributed by atoms with van der Waals surface area (Å²) < 4.78 is 0. The summed E-state index contributed by atoms with van der Waals surface area (Å²) in [5.41, 5.74) is 14.5. The highest BCUT2D eigenvalue weighted by molar-refractivity contribution is 7.98. The molecule has 7 N–H and O–H groups in total. The Morgan fingerprint density at radius 1 is 1.10 bits per heavy atom. The van der Waals surface area contributed by atoms with Crippen molar-refractivity contribution in [2.75, 3.05) is 12.0 Å². The monoisotopic (exact) mass is 457 g/mol. The van der Waals surface area contributed by atoms with E-state index in [0.29, 0.717) is 30.7 Å². The number of carbonyl (C=O) groups excluding carboxylic acids is 1. The Labute approximate surface area is 187 Å². The topological polar surface area (TPSA) is 165 Å². The van der Waals surface area contributed by atoms with Gasteiger partial charge >= 0.3 is 17.9 Å². The first-order chi connectivity index (χ1) is 14.5. The van der Waals surface area contributed by atoms with Crippen molar-refractivity contribution in [2.24, 2.45) is 17.4 Å². The number of benzene rings is 1. The molecular formula is C21H35N3O6S. The predicted molar refractivity (Wildman–Crippen MR) is 122 cm³/mol. The quantitative estimate of drug-likeness (QED) is 0.293. The Kier molecular flexibility index (Phi) is 14.6. The molecule has 9 nitrogen and oxygen atoms in total. The number of carboxylic acids is 2. The fraction of sp³-hybridized carbons (Fsp3) is 0.571. The Balaban J connectivity index is 0.000000842. The molecule has 1 rings (SSSR count). The second kappa shape index (κ2) is 15.6. The summed E-state index contributed by atoms with van der Waals surface area (Å²) in [6.07, 6.45) is 3.47. The van der Waals surface area contributed by atoms with E-state index in [0.717, 1.165) is 5.75 Å². The Bertz CT molecular complexity index is 701. The van der Waals surface area contributed by atoms with Gasteiger partial charge in [-0.05, 0) is 55.7 Å². The second-order valence-corrected chi connectivity index (χ2v) is 8.55. The minimum Gasteiger partial charge on any atom is -0.480 e. The Hall–Kier alpha value is -2.14. The number of rotatable bonds is 12. The summed E-state index contributed by atoms with van der Waals surface area (Å²) in [5, 5.41) is 17.4. The molecule has 0 radical (unpaired) electrons. The van der Waals surface area contributed by atoms with Crippen molar-refractivity contribution >= 4 is 29.7 Å². The van der Waals surface area contributed by atoms with Crippen molar-refractivity contribution in [3.63, 3.8) is 0 Å². The molecule has 1 aromatic carbocycles. The van der Waals surface area contributed by atoms with E-state index in [2.05, 4.69) is 5.48 Å². The molecule has 0 heterocycles. The zero-order chi connectivity index (χ0) is 24.0. The zero-order valence-electron chi connectivity index (χ0n) is 18.5. The molecule has 0 unspecified atom stereocenters. The molecule has 0 amide bonds. The van der Waals surface area contributed by atoms with Gasteiger partial charge in [-0.3, -0.25) is 4.79 Å². The number of hydrogen-bond acceptors (Lipinski definition) is 8. The fourth-order valence-corrected chi connectivity index (χ4v) is 2.97. The van der Waals surface area contributed by atoms with Gasteiger partial charge in [-0.25, -0.2) is 9.59 Å². The summed E-state index contributed by atoms with van der Waals surface area (Å²) in [4.78, 5) is 37.9. The largest absolute Gasteiger partial charge is 0.480 e. The van der Waals surface area contributed by atoms with Gasteiger partial charge in [0.2, 0.25) is 0 Å². The lowest BCUT2D eigenvalue weighted by Gasteiger charge is -2.16. The molecule has 0 aliphatic carbocycles. The van der Waals surface area contributed by atoms with Crippen LogP contribution in [0, 0.1) is 5.92 Å². The van der Waals surface area contributed by atoms with Crippen LogP contribution in [0.4, 0.5) is 0 Å². The van der Waals surface area contributed by atoms with E-state index >= 15 is 0 Å². The van der Waals surface area contributed by atoms with Gasteiger partial charge in [0.15, 0.2) is 0 Å². The summed E-state index contributed by atoms with van der Waals surface area (Å²) in [7, 11) is 0. The molecular weight excluding hydrogens is 422 g/mol. The SMILES string of the molecule is CC(C)C[C@H](N)C(=O)O.CSCC[C@H](N)C(=O)ON[C@H](C)Cc1ccccc1C(=O)O. The third-order valence-electron chi connectivity index (χ3n) is 4.11. The van der Waals surface area contributed by atoms with Crippen LogP contribution in [-0.4, -0.2) is 58.3 Å². The van der Waals surface area contributed by atoms with E-state index in [9.17, 15) is 14.4 Å². The molecule has 1 aromatic rings. The van der Waals surface area contributed by atoms with Gasteiger partial charge in [0.1, 0.15) is 12.1 Å². The van der Waals surface area contributed by atoms with Crippen LogP contribution in [0.1, 0.15) is 49.5 Å². The number of hydrogen-bond donors (Lipinski definition) is 5. The molecule has 0 saturated carbocycles. The molecule has 0 spiro atoms. The molecule has 0 saturated heterocycles. The number of nitrogens with one attached hydrogen (secondary N) is 1. The van der Waals surface area contributed by atoms with E-state index in [1.165, 1.54) is 0 Å². The maximum atomic E-state index is 11.7. The van der Waals surface area contributed by atoms with Gasteiger partial charge in [0, 0.05) is 6.04 Å². The molecule has 176 valence electrons. The summed E-state index contributed by atoms with van der Waals surface area (Å²) in [5.74, 6) is -1.25. The van der Waals surface area contributed by atoms with E-state index in [-0.39, 0.29) is 11.6 Å². The minimum absolute atomic E-state index is 0.225.